The number of nitrogens with one attached hydrogen (secondary N) is 2. The molecular weight excluding hydrogens is 306 g/mol. The molecule has 0 saturated heterocycles. The Bertz CT molecular complexity index is 644. The van der Waals surface area contributed by atoms with E-state index in [1.807, 2.05) is 36.4 Å². The van der Waals surface area contributed by atoms with Gasteiger partial charge >= 0.3 is 0 Å². The van der Waals surface area contributed by atoms with Crippen LogP contribution in [0.3, 0.4) is 0 Å². The van der Waals surface area contributed by atoms with E-state index >= 15 is 0 Å². The van der Waals surface area contributed by atoms with Gasteiger partial charge in [0, 0.05) is 5.02 Å². The molecule has 0 aromatic heterocycles. The summed E-state index contributed by atoms with van der Waals surface area (Å²) in [6, 6.07) is 14.8. The smallest absolute Gasteiger partial charge is 0.191 e. The van der Waals surface area contributed by atoms with Crippen LogP contribution in [0.4, 0.5) is 5.69 Å². The van der Waals surface area contributed by atoms with Crippen molar-refractivity contribution in [1.29, 1.82) is 0 Å². The number of rotatable bonds is 4. The normalized spacial score (nSPS) is 10.4. The summed E-state index contributed by atoms with van der Waals surface area (Å²) in [5.41, 5.74) is 4.45. The molecule has 4 nitrogen and oxygen atoms in total. The molecule has 0 heterocycles. The summed E-state index contributed by atoms with van der Waals surface area (Å²) in [6.07, 6.45) is 1.66. The number of ether oxygens (including phenoxy) is 1. The van der Waals surface area contributed by atoms with Crippen molar-refractivity contribution >= 4 is 40.8 Å². The zero-order valence-electron chi connectivity index (χ0n) is 11.3. The summed E-state index contributed by atoms with van der Waals surface area (Å²) in [7, 11) is 1.61. The van der Waals surface area contributed by atoms with E-state index in [9.17, 15) is 0 Å². The van der Waals surface area contributed by atoms with Gasteiger partial charge in [-0.15, -0.1) is 0 Å². The molecule has 0 unspecified atom stereocenters. The Morgan fingerprint density at radius 1 is 1.19 bits per heavy atom. The molecule has 2 aromatic carbocycles. The Kier molecular flexibility index (Phi) is 5.54. The van der Waals surface area contributed by atoms with Gasteiger partial charge in [-0.05, 0) is 42.0 Å². The van der Waals surface area contributed by atoms with E-state index in [1.54, 1.807) is 25.5 Å². The highest BCUT2D eigenvalue weighted by Gasteiger charge is 2.02. The van der Waals surface area contributed by atoms with E-state index in [-0.39, 0.29) is 0 Å². The van der Waals surface area contributed by atoms with Gasteiger partial charge in [-0.2, -0.15) is 5.10 Å². The topological polar surface area (TPSA) is 45.6 Å². The molecule has 6 heteroatoms. The van der Waals surface area contributed by atoms with E-state index in [4.69, 9.17) is 28.6 Å². The quantitative estimate of drug-likeness (QED) is 0.513. The van der Waals surface area contributed by atoms with Crippen LogP contribution < -0.4 is 15.5 Å². The lowest BCUT2D eigenvalue weighted by atomic mass is 10.2. The van der Waals surface area contributed by atoms with E-state index < -0.39 is 0 Å². The predicted octanol–water partition coefficient (Wildman–Crippen LogP) is 3.67. The van der Waals surface area contributed by atoms with Crippen LogP contribution in [-0.4, -0.2) is 18.4 Å². The molecule has 2 aromatic rings. The van der Waals surface area contributed by atoms with Crippen LogP contribution in [0, 0.1) is 0 Å². The fourth-order valence-electron chi connectivity index (χ4n) is 1.61. The van der Waals surface area contributed by atoms with Crippen molar-refractivity contribution < 1.29 is 4.74 Å². The summed E-state index contributed by atoms with van der Waals surface area (Å²) in [5.74, 6) is 0.711. The van der Waals surface area contributed by atoms with Crippen molar-refractivity contribution in [1.82, 2.24) is 5.43 Å². The molecule has 0 atom stereocenters. The second kappa shape index (κ2) is 7.61. The average Bonchev–Trinajstić information content (AvgIpc) is 2.50. The van der Waals surface area contributed by atoms with Crippen LogP contribution in [0.15, 0.2) is 53.6 Å². The van der Waals surface area contributed by atoms with Crippen LogP contribution in [0.5, 0.6) is 5.75 Å². The molecule has 0 bridgehead atoms. The predicted molar refractivity (Wildman–Crippen MR) is 91.4 cm³/mol. The van der Waals surface area contributed by atoms with Crippen molar-refractivity contribution in [2.45, 2.75) is 0 Å². The lowest BCUT2D eigenvalue weighted by Gasteiger charge is -2.10. The fraction of sp³-hybridized carbons (Fsp3) is 0.0667. The van der Waals surface area contributed by atoms with Crippen LogP contribution in [0.2, 0.25) is 5.02 Å². The Labute approximate surface area is 133 Å². The number of hydrogen-bond donors (Lipinski definition) is 2. The lowest BCUT2D eigenvalue weighted by Crippen LogP contribution is -2.24. The van der Waals surface area contributed by atoms with Gasteiger partial charge in [-0.1, -0.05) is 35.9 Å². The van der Waals surface area contributed by atoms with Crippen molar-refractivity contribution in [3.05, 3.63) is 59.1 Å². The number of benzene rings is 2. The molecular formula is C15H14ClN3OS. The first-order valence-electron chi connectivity index (χ1n) is 6.17. The molecule has 0 aliphatic rings. The van der Waals surface area contributed by atoms with Gasteiger partial charge in [0.05, 0.1) is 19.0 Å². The highest BCUT2D eigenvalue weighted by molar-refractivity contribution is 7.80. The summed E-state index contributed by atoms with van der Waals surface area (Å²) >= 11 is 11.0. The SMILES string of the molecule is COc1ccccc1NC(=S)NN=Cc1ccc(Cl)cc1. The largest absolute Gasteiger partial charge is 0.495 e. The zero-order chi connectivity index (χ0) is 15.1. The third-order valence-corrected chi connectivity index (χ3v) is 3.05. The van der Waals surface area contributed by atoms with E-state index in [0.717, 1.165) is 11.3 Å². The first-order chi connectivity index (χ1) is 10.2. The maximum absolute atomic E-state index is 5.81. The first kappa shape index (κ1) is 15.3. The Balaban J connectivity index is 1.91. The third-order valence-electron chi connectivity index (χ3n) is 2.60. The molecule has 0 amide bonds. The van der Waals surface area contributed by atoms with Gasteiger partial charge in [-0.3, -0.25) is 5.43 Å². The van der Waals surface area contributed by atoms with Gasteiger partial charge in [0.25, 0.3) is 0 Å². The number of para-hydroxylation sites is 2. The molecule has 0 spiro atoms. The lowest BCUT2D eigenvalue weighted by molar-refractivity contribution is 0.417. The average molecular weight is 320 g/mol. The van der Waals surface area contributed by atoms with Gasteiger partial charge in [0.15, 0.2) is 5.11 Å². The second-order valence-corrected chi connectivity index (χ2v) is 4.92. The summed E-state index contributed by atoms with van der Waals surface area (Å²) < 4.78 is 5.23. The molecule has 2 rings (SSSR count). The summed E-state index contributed by atoms with van der Waals surface area (Å²) in [6.45, 7) is 0. The zero-order valence-corrected chi connectivity index (χ0v) is 12.9. The number of methoxy groups -OCH3 is 1. The number of hydrazone groups is 1. The van der Waals surface area contributed by atoms with Gasteiger partial charge in [-0.25, -0.2) is 0 Å². The molecule has 108 valence electrons. The number of anilines is 1. The third kappa shape index (κ3) is 4.73. The minimum Gasteiger partial charge on any atom is -0.495 e. The minimum atomic E-state index is 0.379. The fourth-order valence-corrected chi connectivity index (χ4v) is 1.90. The van der Waals surface area contributed by atoms with Gasteiger partial charge in [0.1, 0.15) is 5.75 Å². The maximum Gasteiger partial charge on any atom is 0.191 e. The summed E-state index contributed by atoms with van der Waals surface area (Å²) in [5, 5.41) is 8.15. The van der Waals surface area contributed by atoms with Gasteiger partial charge in [0.2, 0.25) is 0 Å². The second-order valence-electron chi connectivity index (χ2n) is 4.08. The molecule has 0 saturated carbocycles. The number of hydrogen-bond acceptors (Lipinski definition) is 3. The molecule has 0 radical (unpaired) electrons. The van der Waals surface area contributed by atoms with Crippen LogP contribution >= 0.6 is 23.8 Å². The number of nitrogens with zero attached hydrogens (tertiary/aromatic N) is 1. The highest BCUT2D eigenvalue weighted by Crippen LogP contribution is 2.22. The molecule has 2 N–H and O–H groups in total. The molecule has 0 aliphatic carbocycles. The van der Waals surface area contributed by atoms with Crippen molar-refractivity contribution in [3.63, 3.8) is 0 Å². The van der Waals surface area contributed by atoms with Crippen molar-refractivity contribution in [2.24, 2.45) is 5.10 Å². The van der Waals surface area contributed by atoms with Crippen LogP contribution in [0.1, 0.15) is 5.56 Å². The number of thiocarbonyl (C=S) groups is 1. The minimum absolute atomic E-state index is 0.379. The standard InChI is InChI=1S/C15H14ClN3OS/c1-20-14-5-3-2-4-13(14)18-15(21)19-17-10-11-6-8-12(16)9-7-11/h2-10H,1H3,(H2,18,19,21). The number of halogens is 1. The highest BCUT2D eigenvalue weighted by atomic mass is 35.5. The molecule has 0 fully saturated rings. The van der Waals surface area contributed by atoms with Crippen molar-refractivity contribution in [3.8, 4) is 5.75 Å². The molecule has 21 heavy (non-hydrogen) atoms. The monoisotopic (exact) mass is 319 g/mol. The Morgan fingerprint density at radius 2 is 1.90 bits per heavy atom. The Hall–Kier alpha value is -2.11. The molecule has 0 aliphatic heterocycles. The van der Waals surface area contributed by atoms with Crippen LogP contribution in [0.25, 0.3) is 0 Å². The van der Waals surface area contributed by atoms with E-state index in [1.165, 1.54) is 0 Å². The van der Waals surface area contributed by atoms with E-state index in [0.29, 0.717) is 15.9 Å². The van der Waals surface area contributed by atoms with Gasteiger partial charge < -0.3 is 10.1 Å². The first-order valence-corrected chi connectivity index (χ1v) is 6.96. The maximum atomic E-state index is 5.81. The van der Waals surface area contributed by atoms with Crippen molar-refractivity contribution in [2.75, 3.05) is 12.4 Å². The van der Waals surface area contributed by atoms with Crippen LogP contribution in [-0.2, 0) is 0 Å². The Morgan fingerprint density at radius 3 is 2.62 bits per heavy atom. The summed E-state index contributed by atoms with van der Waals surface area (Å²) in [4.78, 5) is 0. The van der Waals surface area contributed by atoms with E-state index in [2.05, 4.69) is 15.8 Å².